The summed E-state index contributed by atoms with van der Waals surface area (Å²) in [5, 5.41) is 24.5. The van der Waals surface area contributed by atoms with E-state index in [1.807, 2.05) is 119 Å². The smallest absolute Gasteiger partial charge is 0.408 e. The van der Waals surface area contributed by atoms with E-state index in [-0.39, 0.29) is 37.2 Å². The molecule has 53 heavy (non-hydrogen) atoms. The van der Waals surface area contributed by atoms with E-state index in [1.54, 1.807) is 6.20 Å². The van der Waals surface area contributed by atoms with E-state index in [9.17, 15) is 24.3 Å². The van der Waals surface area contributed by atoms with Crippen molar-refractivity contribution in [2.24, 2.45) is 11.8 Å². The monoisotopic (exact) mass is 723 g/mol. The van der Waals surface area contributed by atoms with E-state index in [0.717, 1.165) is 27.6 Å². The fraction of sp³-hybridized carbons (Fsp3) is 0.405. The number of hydrogen-bond donors (Lipinski definition) is 5. The third kappa shape index (κ3) is 13.6. The zero-order valence-corrected chi connectivity index (χ0v) is 31.1. The number of nitrogens with one attached hydrogen (secondary N) is 4. The predicted octanol–water partition coefficient (Wildman–Crippen LogP) is 5.24. The quantitative estimate of drug-likeness (QED) is 0.0885. The molecule has 0 saturated carbocycles. The van der Waals surface area contributed by atoms with E-state index in [1.165, 1.54) is 0 Å². The van der Waals surface area contributed by atoms with Crippen LogP contribution < -0.4 is 21.3 Å². The SMILES string of the molecule is CC(C)CC(NC(=O)[C@H](CC(C)C)NC(=O)[C@H](Cc1cccc2ccccc12)NC(=O)OCc1ccccc1)C(O)CC(=O)NCCc1ccccn1. The zero-order valence-electron chi connectivity index (χ0n) is 31.1. The first-order valence-electron chi connectivity index (χ1n) is 18.4. The van der Waals surface area contributed by atoms with Gasteiger partial charge in [0.25, 0.3) is 0 Å². The molecule has 2 unspecified atom stereocenters. The number of nitrogens with zero attached hydrogens (tertiary/aromatic N) is 1. The van der Waals surface area contributed by atoms with Crippen molar-refractivity contribution in [1.29, 1.82) is 0 Å². The number of ether oxygens (including phenoxy) is 1. The van der Waals surface area contributed by atoms with Crippen molar-refractivity contribution in [3.63, 3.8) is 0 Å². The highest BCUT2D eigenvalue weighted by Gasteiger charge is 2.32. The third-order valence-electron chi connectivity index (χ3n) is 8.81. The molecule has 1 aromatic heterocycles. The molecular formula is C42H53N5O6. The normalized spacial score (nSPS) is 13.5. The van der Waals surface area contributed by atoms with Crippen LogP contribution in [0.25, 0.3) is 10.8 Å². The van der Waals surface area contributed by atoms with Crippen LogP contribution in [0.3, 0.4) is 0 Å². The van der Waals surface area contributed by atoms with Gasteiger partial charge in [0.1, 0.15) is 18.7 Å². The van der Waals surface area contributed by atoms with Crippen molar-refractivity contribution < 1.29 is 29.0 Å². The molecule has 5 N–H and O–H groups in total. The van der Waals surface area contributed by atoms with Crippen LogP contribution in [0.2, 0.25) is 0 Å². The highest BCUT2D eigenvalue weighted by Crippen LogP contribution is 2.20. The van der Waals surface area contributed by atoms with Gasteiger partial charge in [-0.3, -0.25) is 19.4 Å². The fourth-order valence-corrected chi connectivity index (χ4v) is 6.17. The Bertz CT molecular complexity index is 1760. The van der Waals surface area contributed by atoms with Gasteiger partial charge in [0.05, 0.1) is 18.6 Å². The second kappa shape index (κ2) is 20.7. The lowest BCUT2D eigenvalue weighted by Crippen LogP contribution is -2.57. The number of rotatable bonds is 19. The van der Waals surface area contributed by atoms with E-state index in [4.69, 9.17) is 4.74 Å². The highest BCUT2D eigenvalue weighted by atomic mass is 16.5. The molecule has 0 bridgehead atoms. The van der Waals surface area contributed by atoms with Gasteiger partial charge in [0.15, 0.2) is 0 Å². The van der Waals surface area contributed by atoms with Gasteiger partial charge in [-0.2, -0.15) is 0 Å². The Morgan fingerprint density at radius 2 is 1.42 bits per heavy atom. The Morgan fingerprint density at radius 3 is 2.13 bits per heavy atom. The van der Waals surface area contributed by atoms with Gasteiger partial charge in [0, 0.05) is 31.3 Å². The van der Waals surface area contributed by atoms with Crippen LogP contribution in [-0.4, -0.2) is 64.7 Å². The summed E-state index contributed by atoms with van der Waals surface area (Å²) in [5.74, 6) is -1.27. The van der Waals surface area contributed by atoms with Crippen molar-refractivity contribution in [2.75, 3.05) is 6.54 Å². The third-order valence-corrected chi connectivity index (χ3v) is 8.81. The molecule has 0 aliphatic carbocycles. The Hall–Kier alpha value is -5.29. The van der Waals surface area contributed by atoms with E-state index >= 15 is 0 Å². The van der Waals surface area contributed by atoms with Crippen LogP contribution in [0.15, 0.2) is 97.2 Å². The van der Waals surface area contributed by atoms with E-state index in [0.29, 0.717) is 25.8 Å². The second-order valence-electron chi connectivity index (χ2n) is 14.2. The number of benzene rings is 3. The average molecular weight is 724 g/mol. The lowest BCUT2D eigenvalue weighted by Gasteiger charge is -2.29. The summed E-state index contributed by atoms with van der Waals surface area (Å²) in [4.78, 5) is 58.1. The van der Waals surface area contributed by atoms with Crippen LogP contribution in [0, 0.1) is 11.8 Å². The standard InChI is InChI=1S/C42H53N5O6/c1-28(2)23-35(38(48)26-39(49)44-22-20-33-18-10-11-21-43-33)45-40(50)36(24-29(3)4)46-41(51)37(47-42(52)53-27-30-13-6-5-7-14-30)25-32-17-12-16-31-15-8-9-19-34(31)32/h5-19,21,28-29,35-38,48H,20,22-27H2,1-4H3,(H,44,49)(H,45,50)(H,46,51)(H,47,52)/t35?,36-,37-,38?/m0/s1. The maximum atomic E-state index is 14.1. The summed E-state index contributed by atoms with van der Waals surface area (Å²) in [6.45, 7) is 8.19. The first-order chi connectivity index (χ1) is 25.5. The largest absolute Gasteiger partial charge is 0.445 e. The van der Waals surface area contributed by atoms with Crippen LogP contribution >= 0.6 is 0 Å². The molecule has 0 aliphatic heterocycles. The number of aliphatic hydroxyl groups excluding tert-OH is 1. The topological polar surface area (TPSA) is 159 Å². The maximum Gasteiger partial charge on any atom is 0.408 e. The van der Waals surface area contributed by atoms with Gasteiger partial charge >= 0.3 is 6.09 Å². The average Bonchev–Trinajstić information content (AvgIpc) is 3.13. The number of pyridine rings is 1. The summed E-state index contributed by atoms with van der Waals surface area (Å²) in [6, 6.07) is 25.6. The number of carbonyl (C=O) groups is 4. The lowest BCUT2D eigenvalue weighted by atomic mass is 9.95. The van der Waals surface area contributed by atoms with Gasteiger partial charge in [-0.1, -0.05) is 107 Å². The molecule has 4 amide bonds. The van der Waals surface area contributed by atoms with Gasteiger partial charge in [-0.15, -0.1) is 0 Å². The minimum Gasteiger partial charge on any atom is -0.445 e. The molecule has 11 nitrogen and oxygen atoms in total. The minimum atomic E-state index is -1.16. The highest BCUT2D eigenvalue weighted by molar-refractivity contribution is 5.92. The van der Waals surface area contributed by atoms with E-state index < -0.39 is 42.1 Å². The molecule has 282 valence electrons. The molecule has 1 heterocycles. The van der Waals surface area contributed by atoms with Crippen LogP contribution in [-0.2, 0) is 38.6 Å². The summed E-state index contributed by atoms with van der Waals surface area (Å²) in [5.41, 5.74) is 2.48. The maximum absolute atomic E-state index is 14.1. The summed E-state index contributed by atoms with van der Waals surface area (Å²) >= 11 is 0. The van der Waals surface area contributed by atoms with Gasteiger partial charge < -0.3 is 31.1 Å². The molecule has 0 spiro atoms. The Morgan fingerprint density at radius 1 is 0.736 bits per heavy atom. The summed E-state index contributed by atoms with van der Waals surface area (Å²) in [6.07, 6.45) is 0.968. The summed E-state index contributed by atoms with van der Waals surface area (Å²) < 4.78 is 5.47. The lowest BCUT2D eigenvalue weighted by molar-refractivity contribution is -0.131. The molecule has 0 fully saturated rings. The first-order valence-corrected chi connectivity index (χ1v) is 18.4. The molecule has 0 saturated heterocycles. The van der Waals surface area contributed by atoms with Crippen molar-refractivity contribution in [3.8, 4) is 0 Å². The van der Waals surface area contributed by atoms with Gasteiger partial charge in [-0.05, 0) is 58.7 Å². The van der Waals surface area contributed by atoms with Gasteiger partial charge in [0.2, 0.25) is 17.7 Å². The molecule has 4 atom stereocenters. The van der Waals surface area contributed by atoms with Crippen LogP contribution in [0.1, 0.15) is 63.8 Å². The predicted molar refractivity (Wildman–Crippen MR) is 206 cm³/mol. The summed E-state index contributed by atoms with van der Waals surface area (Å²) in [7, 11) is 0. The fourth-order valence-electron chi connectivity index (χ4n) is 6.17. The van der Waals surface area contributed by atoms with Crippen molar-refractivity contribution in [3.05, 3.63) is 114 Å². The molecular weight excluding hydrogens is 670 g/mol. The van der Waals surface area contributed by atoms with Crippen LogP contribution in [0.5, 0.6) is 0 Å². The van der Waals surface area contributed by atoms with Gasteiger partial charge in [-0.25, -0.2) is 4.79 Å². The number of amides is 4. The Kier molecular flexibility index (Phi) is 15.8. The number of carbonyl (C=O) groups excluding carboxylic acids is 4. The van der Waals surface area contributed by atoms with E-state index in [2.05, 4.69) is 26.3 Å². The first kappa shape index (κ1) is 40.5. The number of aromatic nitrogens is 1. The number of hydrogen-bond acceptors (Lipinski definition) is 7. The minimum absolute atomic E-state index is 0.0183. The number of fused-ring (bicyclic) bond motifs is 1. The molecule has 4 aromatic rings. The van der Waals surface area contributed by atoms with Crippen molar-refractivity contribution in [1.82, 2.24) is 26.3 Å². The second-order valence-corrected chi connectivity index (χ2v) is 14.2. The number of aliphatic hydroxyl groups is 1. The molecule has 11 heteroatoms. The van der Waals surface area contributed by atoms with Crippen LogP contribution in [0.4, 0.5) is 4.79 Å². The molecule has 0 aliphatic rings. The number of alkyl carbamates (subject to hydrolysis) is 1. The zero-order chi connectivity index (χ0) is 38.2. The molecule has 0 radical (unpaired) electrons. The van der Waals surface area contributed by atoms with Crippen molar-refractivity contribution in [2.45, 2.75) is 90.6 Å². The van der Waals surface area contributed by atoms with Crippen molar-refractivity contribution >= 4 is 34.6 Å². The molecule has 4 rings (SSSR count). The molecule has 3 aromatic carbocycles. The Labute approximate surface area is 312 Å². The Balaban J connectivity index is 1.46.